The van der Waals surface area contributed by atoms with Crippen molar-refractivity contribution in [3.05, 3.63) is 38.6 Å². The number of aryl methyl sites for hydroxylation is 1. The van der Waals surface area contributed by atoms with E-state index in [4.69, 9.17) is 10.3 Å². The maximum atomic E-state index is 12.7. The second kappa shape index (κ2) is 6.07. The predicted octanol–water partition coefficient (Wildman–Crippen LogP) is 2.91. The van der Waals surface area contributed by atoms with E-state index in [-0.39, 0.29) is 11.4 Å². The van der Waals surface area contributed by atoms with E-state index in [1.54, 1.807) is 25.1 Å². The zero-order valence-corrected chi connectivity index (χ0v) is 15.3. The number of rotatable bonds is 4. The van der Waals surface area contributed by atoms with Gasteiger partial charge in [-0.3, -0.25) is 0 Å². The summed E-state index contributed by atoms with van der Waals surface area (Å²) in [5.74, 6) is 0.630. The van der Waals surface area contributed by atoms with Crippen molar-refractivity contribution < 1.29 is 12.9 Å². The SMILES string of the molecule is Cc1cc(CN(C)S(=O)(=O)c2c(Br)cc(N)cc2Br)no1. The van der Waals surface area contributed by atoms with Crippen molar-refractivity contribution in [2.75, 3.05) is 12.8 Å². The molecule has 1 aromatic heterocycles. The van der Waals surface area contributed by atoms with Gasteiger partial charge in [0.2, 0.25) is 10.0 Å². The summed E-state index contributed by atoms with van der Waals surface area (Å²) >= 11 is 6.48. The van der Waals surface area contributed by atoms with Crippen LogP contribution in [0.15, 0.2) is 36.6 Å². The molecule has 0 bridgehead atoms. The van der Waals surface area contributed by atoms with E-state index in [0.29, 0.717) is 26.1 Å². The van der Waals surface area contributed by atoms with E-state index in [1.165, 1.54) is 11.4 Å². The number of aromatic nitrogens is 1. The number of nitrogens with two attached hydrogens (primary N) is 1. The molecule has 0 saturated heterocycles. The Morgan fingerprint density at radius 2 is 1.86 bits per heavy atom. The van der Waals surface area contributed by atoms with Crippen LogP contribution in [-0.2, 0) is 16.6 Å². The minimum atomic E-state index is -3.70. The first-order valence-corrected chi connectivity index (χ1v) is 8.87. The lowest BCUT2D eigenvalue weighted by Gasteiger charge is -2.18. The average Bonchev–Trinajstić information content (AvgIpc) is 2.72. The molecule has 1 heterocycles. The topological polar surface area (TPSA) is 89.4 Å². The van der Waals surface area contributed by atoms with Gasteiger partial charge in [0, 0.05) is 27.7 Å². The van der Waals surface area contributed by atoms with Crippen molar-refractivity contribution in [3.8, 4) is 0 Å². The average molecular weight is 439 g/mol. The van der Waals surface area contributed by atoms with Gasteiger partial charge in [-0.25, -0.2) is 8.42 Å². The number of nitrogen functional groups attached to an aromatic ring is 1. The van der Waals surface area contributed by atoms with Crippen LogP contribution in [0.2, 0.25) is 0 Å². The summed E-state index contributed by atoms with van der Waals surface area (Å²) in [7, 11) is -2.22. The van der Waals surface area contributed by atoms with Crippen molar-refractivity contribution >= 4 is 47.6 Å². The first-order valence-electron chi connectivity index (χ1n) is 5.85. The molecule has 0 unspecified atom stereocenters. The molecule has 1 aromatic carbocycles. The number of halogens is 2. The molecule has 6 nitrogen and oxygen atoms in total. The molecule has 0 radical (unpaired) electrons. The van der Waals surface area contributed by atoms with E-state index in [9.17, 15) is 8.42 Å². The largest absolute Gasteiger partial charge is 0.399 e. The summed E-state index contributed by atoms with van der Waals surface area (Å²) in [4.78, 5) is 0.124. The molecule has 0 amide bonds. The van der Waals surface area contributed by atoms with E-state index in [1.807, 2.05) is 0 Å². The monoisotopic (exact) mass is 437 g/mol. The summed E-state index contributed by atoms with van der Waals surface area (Å²) in [6, 6.07) is 4.79. The molecule has 2 N–H and O–H groups in total. The van der Waals surface area contributed by atoms with Crippen LogP contribution in [-0.4, -0.2) is 24.9 Å². The van der Waals surface area contributed by atoms with Crippen LogP contribution >= 0.6 is 31.9 Å². The minimum absolute atomic E-state index is 0.114. The number of sulfonamides is 1. The Morgan fingerprint density at radius 3 is 2.33 bits per heavy atom. The molecule has 21 heavy (non-hydrogen) atoms. The Kier molecular flexibility index (Phi) is 4.76. The Labute approximate surface area is 139 Å². The predicted molar refractivity (Wildman–Crippen MR) is 86.1 cm³/mol. The second-order valence-corrected chi connectivity index (χ2v) is 8.19. The van der Waals surface area contributed by atoms with Gasteiger partial charge in [0.15, 0.2) is 0 Å². The fourth-order valence-electron chi connectivity index (χ4n) is 1.79. The first-order chi connectivity index (χ1) is 9.71. The van der Waals surface area contributed by atoms with Crippen LogP contribution in [0.1, 0.15) is 11.5 Å². The van der Waals surface area contributed by atoms with Gasteiger partial charge >= 0.3 is 0 Å². The van der Waals surface area contributed by atoms with Crippen molar-refractivity contribution in [1.82, 2.24) is 9.46 Å². The van der Waals surface area contributed by atoms with Crippen LogP contribution in [0.3, 0.4) is 0 Å². The Bertz CT molecular complexity index is 751. The fourth-order valence-corrected chi connectivity index (χ4v) is 5.46. The highest BCUT2D eigenvalue weighted by atomic mass is 79.9. The Morgan fingerprint density at radius 1 is 1.29 bits per heavy atom. The van der Waals surface area contributed by atoms with E-state index < -0.39 is 10.0 Å². The molecule has 9 heteroatoms. The highest BCUT2D eigenvalue weighted by molar-refractivity contribution is 9.11. The van der Waals surface area contributed by atoms with Gasteiger partial charge in [-0.1, -0.05) is 5.16 Å². The molecule has 0 fully saturated rings. The standard InChI is InChI=1S/C12H13Br2N3O3S/c1-7-3-9(16-20-7)6-17(2)21(18,19)12-10(13)4-8(15)5-11(12)14/h3-5H,6,15H2,1-2H3. The van der Waals surface area contributed by atoms with Crippen molar-refractivity contribution in [2.24, 2.45) is 0 Å². The van der Waals surface area contributed by atoms with Gasteiger partial charge in [-0.2, -0.15) is 4.31 Å². The van der Waals surface area contributed by atoms with Crippen LogP contribution in [0.5, 0.6) is 0 Å². The maximum Gasteiger partial charge on any atom is 0.245 e. The normalized spacial score (nSPS) is 12.0. The summed E-state index contributed by atoms with van der Waals surface area (Å²) in [5, 5.41) is 3.80. The molecule has 0 aliphatic carbocycles. The summed E-state index contributed by atoms with van der Waals surface area (Å²) < 4.78 is 32.3. The van der Waals surface area contributed by atoms with E-state index in [2.05, 4.69) is 37.0 Å². The van der Waals surface area contributed by atoms with E-state index >= 15 is 0 Å². The molecule has 0 aliphatic rings. The lowest BCUT2D eigenvalue weighted by Crippen LogP contribution is -2.27. The summed E-state index contributed by atoms with van der Waals surface area (Å²) in [6.45, 7) is 1.86. The molecule has 0 atom stereocenters. The van der Waals surface area contributed by atoms with Crippen molar-refractivity contribution in [3.63, 3.8) is 0 Å². The third-order valence-corrected chi connectivity index (χ3v) is 6.43. The van der Waals surface area contributed by atoms with Gasteiger partial charge < -0.3 is 10.3 Å². The van der Waals surface area contributed by atoms with Crippen LogP contribution in [0.25, 0.3) is 0 Å². The number of hydrogen-bond acceptors (Lipinski definition) is 5. The molecule has 2 rings (SSSR count). The van der Waals surface area contributed by atoms with Crippen LogP contribution in [0.4, 0.5) is 5.69 Å². The van der Waals surface area contributed by atoms with Gasteiger partial charge in [0.05, 0.1) is 12.2 Å². The van der Waals surface area contributed by atoms with Gasteiger partial charge in [-0.05, 0) is 50.9 Å². The Balaban J connectivity index is 2.38. The number of nitrogens with zero attached hydrogens (tertiary/aromatic N) is 2. The second-order valence-electron chi connectivity index (χ2n) is 4.50. The first kappa shape index (κ1) is 16.5. The maximum absolute atomic E-state index is 12.7. The van der Waals surface area contributed by atoms with Gasteiger partial charge in [0.1, 0.15) is 10.7 Å². The number of anilines is 1. The molecular weight excluding hydrogens is 426 g/mol. The highest BCUT2D eigenvalue weighted by Gasteiger charge is 2.27. The lowest BCUT2D eigenvalue weighted by molar-refractivity contribution is 0.378. The van der Waals surface area contributed by atoms with Gasteiger partial charge in [-0.15, -0.1) is 0 Å². The molecule has 0 saturated carbocycles. The van der Waals surface area contributed by atoms with Crippen molar-refractivity contribution in [1.29, 1.82) is 0 Å². The smallest absolute Gasteiger partial charge is 0.245 e. The number of hydrogen-bond donors (Lipinski definition) is 1. The van der Waals surface area contributed by atoms with Crippen molar-refractivity contribution in [2.45, 2.75) is 18.4 Å². The summed E-state index contributed by atoms with van der Waals surface area (Å²) in [6.07, 6.45) is 0. The molecular formula is C12H13Br2N3O3S. The quantitative estimate of drug-likeness (QED) is 0.741. The van der Waals surface area contributed by atoms with E-state index in [0.717, 1.165) is 0 Å². The minimum Gasteiger partial charge on any atom is -0.399 e. The lowest BCUT2D eigenvalue weighted by atomic mass is 10.3. The van der Waals surface area contributed by atoms with Crippen LogP contribution in [0, 0.1) is 6.92 Å². The molecule has 0 aliphatic heterocycles. The van der Waals surface area contributed by atoms with Gasteiger partial charge in [0.25, 0.3) is 0 Å². The zero-order valence-electron chi connectivity index (χ0n) is 11.3. The molecule has 114 valence electrons. The fraction of sp³-hybridized carbons (Fsp3) is 0.250. The molecule has 2 aromatic rings. The molecule has 0 spiro atoms. The summed E-state index contributed by atoms with van der Waals surface area (Å²) in [5.41, 5.74) is 6.69. The Hall–Kier alpha value is -0.900. The number of benzene rings is 1. The van der Waals surface area contributed by atoms with Crippen LogP contribution < -0.4 is 5.73 Å². The highest BCUT2D eigenvalue weighted by Crippen LogP contribution is 2.34. The zero-order chi connectivity index (χ0) is 15.8. The third-order valence-electron chi connectivity index (χ3n) is 2.75. The third kappa shape index (κ3) is 3.47.